The maximum absolute atomic E-state index is 12.1. The van der Waals surface area contributed by atoms with Gasteiger partial charge in [0.1, 0.15) is 0 Å². The first-order valence-corrected chi connectivity index (χ1v) is 7.81. The van der Waals surface area contributed by atoms with E-state index in [0.29, 0.717) is 10.6 Å². The lowest BCUT2D eigenvalue weighted by Crippen LogP contribution is -2.34. The molecule has 2 N–H and O–H groups in total. The highest BCUT2D eigenvalue weighted by molar-refractivity contribution is 9.11. The molecule has 0 saturated heterocycles. The monoisotopic (exact) mass is 370 g/mol. The van der Waals surface area contributed by atoms with Crippen LogP contribution in [0.2, 0.25) is 0 Å². The Morgan fingerprint density at radius 3 is 2.67 bits per heavy atom. The number of anilines is 1. The average Bonchev–Trinajstić information content (AvgIpc) is 2.98. The van der Waals surface area contributed by atoms with Crippen LogP contribution >= 0.6 is 27.3 Å². The minimum absolute atomic E-state index is 0.0155. The first-order valence-electron chi connectivity index (χ1n) is 6.20. The standard InChI is InChI=1S/C13H15BrN4O2S/c1-7-12(8(2)17-16-7)15-11(19)6-18(3)13(20)9-4-5-10(14)21-9/h4-5H,6H2,1-3H3,(H,15,19)(H,16,17). The van der Waals surface area contributed by atoms with Gasteiger partial charge in [-0.25, -0.2) is 0 Å². The largest absolute Gasteiger partial charge is 0.332 e. The van der Waals surface area contributed by atoms with Crippen LogP contribution in [0, 0.1) is 13.8 Å². The second-order valence-corrected chi connectivity index (χ2v) is 7.09. The number of aromatic nitrogens is 2. The number of nitrogens with one attached hydrogen (secondary N) is 2. The van der Waals surface area contributed by atoms with Gasteiger partial charge in [0, 0.05) is 7.05 Å². The third kappa shape index (κ3) is 3.70. The van der Waals surface area contributed by atoms with Crippen LogP contribution < -0.4 is 5.32 Å². The minimum atomic E-state index is -0.255. The molecule has 2 aromatic heterocycles. The molecular weight excluding hydrogens is 356 g/mol. The van der Waals surface area contributed by atoms with Crippen molar-refractivity contribution in [2.75, 3.05) is 18.9 Å². The topological polar surface area (TPSA) is 78.1 Å². The van der Waals surface area contributed by atoms with Gasteiger partial charge in [-0.05, 0) is 41.9 Å². The van der Waals surface area contributed by atoms with Crippen LogP contribution in [0.25, 0.3) is 0 Å². The van der Waals surface area contributed by atoms with Crippen molar-refractivity contribution in [3.05, 3.63) is 32.2 Å². The molecule has 21 heavy (non-hydrogen) atoms. The molecule has 0 radical (unpaired) electrons. The van der Waals surface area contributed by atoms with E-state index in [0.717, 1.165) is 15.2 Å². The molecule has 6 nitrogen and oxygen atoms in total. The summed E-state index contributed by atoms with van der Waals surface area (Å²) in [4.78, 5) is 26.1. The number of aromatic amines is 1. The van der Waals surface area contributed by atoms with E-state index < -0.39 is 0 Å². The van der Waals surface area contributed by atoms with E-state index in [1.807, 2.05) is 13.0 Å². The summed E-state index contributed by atoms with van der Waals surface area (Å²) in [6.07, 6.45) is 0. The van der Waals surface area contributed by atoms with Crippen molar-refractivity contribution >= 4 is 44.8 Å². The smallest absolute Gasteiger partial charge is 0.264 e. The van der Waals surface area contributed by atoms with Crippen LogP contribution in [0.15, 0.2) is 15.9 Å². The summed E-state index contributed by atoms with van der Waals surface area (Å²) in [5.41, 5.74) is 2.17. The summed E-state index contributed by atoms with van der Waals surface area (Å²) in [7, 11) is 1.60. The summed E-state index contributed by atoms with van der Waals surface area (Å²) < 4.78 is 0.883. The Morgan fingerprint density at radius 1 is 1.43 bits per heavy atom. The Bertz CT molecular complexity index is 660. The fourth-order valence-electron chi connectivity index (χ4n) is 1.82. The lowest BCUT2D eigenvalue weighted by molar-refractivity contribution is -0.116. The van der Waals surface area contributed by atoms with Crippen molar-refractivity contribution in [3.63, 3.8) is 0 Å². The molecule has 0 atom stereocenters. The average molecular weight is 371 g/mol. The van der Waals surface area contributed by atoms with Gasteiger partial charge in [-0.15, -0.1) is 11.3 Å². The molecule has 2 aromatic rings. The summed E-state index contributed by atoms with van der Waals surface area (Å²) in [6.45, 7) is 3.61. The Morgan fingerprint density at radius 2 is 2.14 bits per heavy atom. The predicted molar refractivity (Wildman–Crippen MR) is 85.7 cm³/mol. The van der Waals surface area contributed by atoms with Crippen LogP contribution in [-0.2, 0) is 4.79 Å². The number of hydrogen-bond donors (Lipinski definition) is 2. The highest BCUT2D eigenvalue weighted by Crippen LogP contribution is 2.23. The second-order valence-electron chi connectivity index (χ2n) is 4.62. The van der Waals surface area contributed by atoms with Crippen molar-refractivity contribution in [1.82, 2.24) is 15.1 Å². The molecule has 0 bridgehead atoms. The molecule has 0 saturated carbocycles. The van der Waals surface area contributed by atoms with Crippen LogP contribution in [0.4, 0.5) is 5.69 Å². The highest BCUT2D eigenvalue weighted by Gasteiger charge is 2.18. The van der Waals surface area contributed by atoms with Gasteiger partial charge in [-0.3, -0.25) is 14.7 Å². The minimum Gasteiger partial charge on any atom is -0.332 e. The quantitative estimate of drug-likeness (QED) is 0.867. The third-order valence-electron chi connectivity index (χ3n) is 2.90. The van der Waals surface area contributed by atoms with E-state index in [-0.39, 0.29) is 18.4 Å². The van der Waals surface area contributed by atoms with Crippen molar-refractivity contribution in [2.45, 2.75) is 13.8 Å². The van der Waals surface area contributed by atoms with Crippen molar-refractivity contribution in [2.24, 2.45) is 0 Å². The van der Waals surface area contributed by atoms with E-state index in [1.54, 1.807) is 20.0 Å². The van der Waals surface area contributed by atoms with Crippen LogP contribution in [0.1, 0.15) is 21.1 Å². The van der Waals surface area contributed by atoms with E-state index in [1.165, 1.54) is 16.2 Å². The number of halogens is 1. The number of aryl methyl sites for hydroxylation is 2. The number of amides is 2. The zero-order valence-electron chi connectivity index (χ0n) is 11.9. The van der Waals surface area contributed by atoms with Gasteiger partial charge in [0.05, 0.1) is 32.3 Å². The van der Waals surface area contributed by atoms with E-state index in [9.17, 15) is 9.59 Å². The van der Waals surface area contributed by atoms with Crippen molar-refractivity contribution < 1.29 is 9.59 Å². The number of thiophene rings is 1. The molecule has 2 amide bonds. The number of carbonyl (C=O) groups excluding carboxylic acids is 2. The number of carbonyl (C=O) groups is 2. The fourth-order valence-corrected chi connectivity index (χ4v) is 3.20. The first-order chi connectivity index (χ1) is 9.88. The number of nitrogens with zero attached hydrogens (tertiary/aromatic N) is 2. The normalized spacial score (nSPS) is 10.5. The molecule has 0 fully saturated rings. The van der Waals surface area contributed by atoms with Crippen LogP contribution in [0.3, 0.4) is 0 Å². The molecule has 0 aromatic carbocycles. The molecule has 0 aliphatic heterocycles. The van der Waals surface area contributed by atoms with Crippen LogP contribution in [-0.4, -0.2) is 40.5 Å². The first kappa shape index (κ1) is 15.7. The molecular formula is C13H15BrN4O2S. The summed E-state index contributed by atoms with van der Waals surface area (Å²) >= 11 is 4.65. The third-order valence-corrected chi connectivity index (χ3v) is 4.52. The van der Waals surface area contributed by atoms with Gasteiger partial charge in [0.15, 0.2) is 0 Å². The Balaban J connectivity index is 1.98. The van der Waals surface area contributed by atoms with E-state index in [2.05, 4.69) is 31.4 Å². The zero-order valence-corrected chi connectivity index (χ0v) is 14.3. The molecule has 0 unspecified atom stereocenters. The molecule has 2 heterocycles. The number of H-pyrrole nitrogens is 1. The second kappa shape index (κ2) is 6.40. The van der Waals surface area contributed by atoms with Gasteiger partial charge in [-0.2, -0.15) is 5.10 Å². The van der Waals surface area contributed by atoms with Gasteiger partial charge in [-0.1, -0.05) is 0 Å². The summed E-state index contributed by atoms with van der Waals surface area (Å²) in [5.74, 6) is -0.435. The summed E-state index contributed by atoms with van der Waals surface area (Å²) in [5, 5.41) is 9.58. The van der Waals surface area contributed by atoms with Crippen molar-refractivity contribution in [1.29, 1.82) is 0 Å². The zero-order chi connectivity index (χ0) is 15.6. The molecule has 112 valence electrons. The lowest BCUT2D eigenvalue weighted by atomic mass is 10.3. The summed E-state index contributed by atoms with van der Waals surface area (Å²) in [6, 6.07) is 3.54. The highest BCUT2D eigenvalue weighted by atomic mass is 79.9. The fraction of sp³-hybridized carbons (Fsp3) is 0.308. The van der Waals surface area contributed by atoms with Gasteiger partial charge < -0.3 is 10.2 Å². The predicted octanol–water partition coefficient (Wildman–Crippen LogP) is 2.56. The van der Waals surface area contributed by atoms with Gasteiger partial charge in [0.2, 0.25) is 5.91 Å². The maximum Gasteiger partial charge on any atom is 0.264 e. The Kier molecular flexibility index (Phi) is 4.79. The molecule has 0 spiro atoms. The van der Waals surface area contributed by atoms with Crippen LogP contribution in [0.5, 0.6) is 0 Å². The van der Waals surface area contributed by atoms with Gasteiger partial charge >= 0.3 is 0 Å². The van der Waals surface area contributed by atoms with E-state index >= 15 is 0 Å². The maximum atomic E-state index is 12.1. The lowest BCUT2D eigenvalue weighted by Gasteiger charge is -2.15. The molecule has 0 aliphatic rings. The number of rotatable bonds is 4. The number of likely N-dealkylation sites (N-methyl/N-ethyl adjacent to an activating group) is 1. The molecule has 0 aliphatic carbocycles. The molecule has 8 heteroatoms. The van der Waals surface area contributed by atoms with Gasteiger partial charge in [0.25, 0.3) is 5.91 Å². The Hall–Kier alpha value is -1.67. The van der Waals surface area contributed by atoms with E-state index in [4.69, 9.17) is 0 Å². The SMILES string of the molecule is Cc1n[nH]c(C)c1NC(=O)CN(C)C(=O)c1ccc(Br)s1. The van der Waals surface area contributed by atoms with Crippen molar-refractivity contribution in [3.8, 4) is 0 Å². The molecule has 2 rings (SSSR count). The Labute approximate surface area is 134 Å². The number of hydrogen-bond acceptors (Lipinski definition) is 4.